The quantitative estimate of drug-likeness (QED) is 0.869. The third kappa shape index (κ3) is 5.38. The SMILES string of the molecule is CN(Cc1ccc(CCC(C)(C)O)cc1)C1CCS(=O)(=O)C1. The summed E-state index contributed by atoms with van der Waals surface area (Å²) in [4.78, 5) is 2.14. The molecule has 0 aliphatic carbocycles. The summed E-state index contributed by atoms with van der Waals surface area (Å²) in [5.41, 5.74) is 1.78. The van der Waals surface area contributed by atoms with E-state index in [1.165, 1.54) is 11.1 Å². The summed E-state index contributed by atoms with van der Waals surface area (Å²) in [6, 6.07) is 8.53. The zero-order chi connectivity index (χ0) is 16.4. The molecule has 0 bridgehead atoms. The van der Waals surface area contributed by atoms with Crippen molar-refractivity contribution >= 4 is 9.84 Å². The van der Waals surface area contributed by atoms with Crippen LogP contribution < -0.4 is 0 Å². The van der Waals surface area contributed by atoms with Crippen molar-refractivity contribution < 1.29 is 13.5 Å². The van der Waals surface area contributed by atoms with Gasteiger partial charge < -0.3 is 5.11 Å². The maximum Gasteiger partial charge on any atom is 0.151 e. The largest absolute Gasteiger partial charge is 0.390 e. The topological polar surface area (TPSA) is 57.6 Å². The Bertz CT molecular complexity index is 587. The summed E-state index contributed by atoms with van der Waals surface area (Å²) < 4.78 is 23.1. The van der Waals surface area contributed by atoms with E-state index in [-0.39, 0.29) is 11.8 Å². The molecule has 1 aromatic rings. The minimum atomic E-state index is -2.83. The molecule has 0 aromatic heterocycles. The summed E-state index contributed by atoms with van der Waals surface area (Å²) in [6.45, 7) is 4.42. The van der Waals surface area contributed by atoms with Crippen molar-refractivity contribution in [2.45, 2.75) is 51.3 Å². The lowest BCUT2D eigenvalue weighted by Gasteiger charge is -2.23. The van der Waals surface area contributed by atoms with Crippen molar-refractivity contribution in [3.63, 3.8) is 0 Å². The van der Waals surface area contributed by atoms with Gasteiger partial charge in [0, 0.05) is 12.6 Å². The van der Waals surface area contributed by atoms with Gasteiger partial charge in [-0.1, -0.05) is 24.3 Å². The number of hydrogen-bond donors (Lipinski definition) is 1. The van der Waals surface area contributed by atoms with E-state index in [1.807, 2.05) is 20.9 Å². The molecular weight excluding hydrogens is 298 g/mol. The van der Waals surface area contributed by atoms with Crippen LogP contribution in [0.2, 0.25) is 0 Å². The Morgan fingerprint density at radius 2 is 1.82 bits per heavy atom. The van der Waals surface area contributed by atoms with E-state index >= 15 is 0 Å². The molecule has 1 fully saturated rings. The molecule has 0 amide bonds. The highest BCUT2D eigenvalue weighted by Gasteiger charge is 2.30. The standard InChI is InChI=1S/C17H27NO3S/c1-17(2,19)10-8-14-4-6-15(7-5-14)12-18(3)16-9-11-22(20,21)13-16/h4-7,16,19H,8-13H2,1-3H3. The van der Waals surface area contributed by atoms with Crippen LogP contribution in [-0.2, 0) is 22.8 Å². The van der Waals surface area contributed by atoms with Crippen molar-refractivity contribution in [2.75, 3.05) is 18.6 Å². The van der Waals surface area contributed by atoms with Gasteiger partial charge in [-0.2, -0.15) is 0 Å². The molecule has 0 radical (unpaired) electrons. The maximum atomic E-state index is 11.5. The first-order valence-electron chi connectivity index (χ1n) is 7.85. The number of benzene rings is 1. The maximum absolute atomic E-state index is 11.5. The van der Waals surface area contributed by atoms with Gasteiger partial charge in [0.1, 0.15) is 0 Å². The van der Waals surface area contributed by atoms with E-state index in [4.69, 9.17) is 0 Å². The van der Waals surface area contributed by atoms with Crippen LogP contribution >= 0.6 is 0 Å². The number of nitrogens with zero attached hydrogens (tertiary/aromatic N) is 1. The molecule has 5 heteroatoms. The molecule has 0 saturated carbocycles. The second-order valence-electron chi connectivity index (χ2n) is 7.10. The Labute approximate surface area is 134 Å². The molecule has 1 aliphatic heterocycles. The fourth-order valence-electron chi connectivity index (χ4n) is 2.80. The molecule has 1 unspecified atom stereocenters. The van der Waals surface area contributed by atoms with Crippen LogP contribution in [0.5, 0.6) is 0 Å². The zero-order valence-electron chi connectivity index (χ0n) is 13.7. The smallest absolute Gasteiger partial charge is 0.151 e. The summed E-state index contributed by atoms with van der Waals surface area (Å²) in [5, 5.41) is 9.76. The molecule has 1 aliphatic rings. The van der Waals surface area contributed by atoms with E-state index in [0.717, 1.165) is 25.8 Å². The van der Waals surface area contributed by atoms with Crippen molar-refractivity contribution in [1.82, 2.24) is 4.90 Å². The fourth-order valence-corrected chi connectivity index (χ4v) is 4.61. The van der Waals surface area contributed by atoms with Gasteiger partial charge in [-0.15, -0.1) is 0 Å². The first-order chi connectivity index (χ1) is 10.1. The third-order valence-electron chi connectivity index (χ3n) is 4.31. The highest BCUT2D eigenvalue weighted by Crippen LogP contribution is 2.19. The Morgan fingerprint density at radius 3 is 2.32 bits per heavy atom. The van der Waals surface area contributed by atoms with Crippen molar-refractivity contribution in [3.8, 4) is 0 Å². The average Bonchev–Trinajstić information content (AvgIpc) is 2.77. The van der Waals surface area contributed by atoms with Gasteiger partial charge in [0.05, 0.1) is 17.1 Å². The van der Waals surface area contributed by atoms with Crippen LogP contribution in [0.3, 0.4) is 0 Å². The predicted octanol–water partition coefficient (Wildman–Crippen LogP) is 2.01. The van der Waals surface area contributed by atoms with Crippen molar-refractivity contribution in [3.05, 3.63) is 35.4 Å². The minimum absolute atomic E-state index is 0.139. The van der Waals surface area contributed by atoms with Crippen LogP contribution in [0.15, 0.2) is 24.3 Å². The van der Waals surface area contributed by atoms with E-state index in [0.29, 0.717) is 5.75 Å². The molecule has 1 heterocycles. The molecule has 2 rings (SSSR count). The van der Waals surface area contributed by atoms with E-state index in [1.54, 1.807) is 0 Å². The molecule has 1 saturated heterocycles. The predicted molar refractivity (Wildman–Crippen MR) is 89.6 cm³/mol. The molecule has 1 aromatic carbocycles. The first kappa shape index (κ1) is 17.4. The Kier molecular flexibility index (Phi) is 5.30. The second kappa shape index (κ2) is 6.69. The molecule has 1 atom stereocenters. The number of aryl methyl sites for hydroxylation is 1. The van der Waals surface area contributed by atoms with E-state index < -0.39 is 15.4 Å². The Morgan fingerprint density at radius 1 is 1.23 bits per heavy atom. The molecular formula is C17H27NO3S. The zero-order valence-corrected chi connectivity index (χ0v) is 14.6. The molecule has 124 valence electrons. The number of rotatable bonds is 6. The molecule has 1 N–H and O–H groups in total. The molecule has 22 heavy (non-hydrogen) atoms. The fraction of sp³-hybridized carbons (Fsp3) is 0.647. The molecule has 4 nitrogen and oxygen atoms in total. The monoisotopic (exact) mass is 325 g/mol. The van der Waals surface area contributed by atoms with E-state index in [9.17, 15) is 13.5 Å². The number of hydrogen-bond acceptors (Lipinski definition) is 4. The number of aliphatic hydroxyl groups is 1. The minimum Gasteiger partial charge on any atom is -0.390 e. The van der Waals surface area contributed by atoms with Crippen molar-refractivity contribution in [2.24, 2.45) is 0 Å². The van der Waals surface area contributed by atoms with Gasteiger partial charge in [-0.25, -0.2) is 8.42 Å². The highest BCUT2D eigenvalue weighted by atomic mass is 32.2. The summed E-state index contributed by atoms with van der Waals surface area (Å²) in [5.74, 6) is 0.602. The van der Waals surface area contributed by atoms with Crippen LogP contribution in [0, 0.1) is 0 Å². The van der Waals surface area contributed by atoms with Gasteiger partial charge in [0.15, 0.2) is 9.84 Å². The lowest BCUT2D eigenvalue weighted by atomic mass is 9.98. The Hall–Kier alpha value is -0.910. The lowest BCUT2D eigenvalue weighted by molar-refractivity contribution is 0.0714. The van der Waals surface area contributed by atoms with Gasteiger partial charge in [0.2, 0.25) is 0 Å². The van der Waals surface area contributed by atoms with Crippen LogP contribution in [0.4, 0.5) is 0 Å². The molecule has 0 spiro atoms. The van der Waals surface area contributed by atoms with Gasteiger partial charge in [0.25, 0.3) is 0 Å². The summed E-state index contributed by atoms with van der Waals surface area (Å²) in [6.07, 6.45) is 2.34. The average molecular weight is 325 g/mol. The number of sulfone groups is 1. The van der Waals surface area contributed by atoms with Gasteiger partial charge in [-0.05, 0) is 51.3 Å². The van der Waals surface area contributed by atoms with Gasteiger partial charge >= 0.3 is 0 Å². The second-order valence-corrected chi connectivity index (χ2v) is 9.33. The third-order valence-corrected chi connectivity index (χ3v) is 6.06. The van der Waals surface area contributed by atoms with Crippen LogP contribution in [0.1, 0.15) is 37.8 Å². The summed E-state index contributed by atoms with van der Waals surface area (Å²) >= 11 is 0. The van der Waals surface area contributed by atoms with Crippen LogP contribution in [-0.4, -0.2) is 48.6 Å². The highest BCUT2D eigenvalue weighted by molar-refractivity contribution is 7.91. The van der Waals surface area contributed by atoms with Gasteiger partial charge in [-0.3, -0.25) is 4.90 Å². The van der Waals surface area contributed by atoms with E-state index in [2.05, 4.69) is 29.2 Å². The first-order valence-corrected chi connectivity index (χ1v) is 9.68. The normalized spacial score (nSPS) is 21.4. The Balaban J connectivity index is 1.88. The van der Waals surface area contributed by atoms with Crippen LogP contribution in [0.25, 0.3) is 0 Å². The lowest BCUT2D eigenvalue weighted by Crippen LogP contribution is -2.32. The summed E-state index contributed by atoms with van der Waals surface area (Å²) in [7, 11) is -0.832. The van der Waals surface area contributed by atoms with Crippen molar-refractivity contribution in [1.29, 1.82) is 0 Å².